The number of anilines is 2. The number of hydrogen-bond donors (Lipinski definition) is 2. The highest BCUT2D eigenvalue weighted by atomic mass is 79.9. The molecule has 3 aliphatic heterocycles. The Bertz CT molecular complexity index is 5490. The standard InChI is InChI=1S/C33H26F2N4O4S.C24H28BFN2O6S.C15H10BrFN2/c1-36-33(40)31-24-14-21(28(38(2)44(3,41)42)16-30(24)43-32(31)18-7-9-20(34)10-8-18)19-13-23-26(37-17-19)11-12-39-27-6-4-5-25(35)22(27)15-29(23)39;1-23(2)24(3,4)34-25(33-23)17-12-16-19(13-18(17)28(6)35(7,30)31)32-21(20(16)22(29)27-5)14-8-10-15(26)11-9-14;16-9-6-11-13(18-8-9)4-5-19-14-3-1-2-12(17)10(14)7-15(11)19/h4-10,13-17H,11-12H2,1-3H3,(H,36,40);8-13H,1-7H3,(H,27,29);1-3,6-8H,4-5H2. The molecule has 502 valence electrons. The largest absolute Gasteiger partial charge is 0.497 e. The minimum Gasteiger partial charge on any atom is -0.455 e. The van der Waals surface area contributed by atoms with Crippen LogP contribution in [0.25, 0.3) is 100 Å². The normalized spacial score (nSPS) is 14.4. The zero-order chi connectivity index (χ0) is 69.8. The van der Waals surface area contributed by atoms with E-state index in [9.17, 15) is 44.0 Å². The summed E-state index contributed by atoms with van der Waals surface area (Å²) < 4.78 is 139. The van der Waals surface area contributed by atoms with E-state index in [1.165, 1.54) is 88.9 Å². The molecule has 0 radical (unpaired) electrons. The molecule has 6 aromatic heterocycles. The summed E-state index contributed by atoms with van der Waals surface area (Å²) in [7, 11) is -2.41. The van der Waals surface area contributed by atoms with Crippen molar-refractivity contribution >= 4 is 115 Å². The van der Waals surface area contributed by atoms with Gasteiger partial charge in [-0.2, -0.15) is 0 Å². The van der Waals surface area contributed by atoms with Crippen molar-refractivity contribution in [2.75, 3.05) is 49.3 Å². The van der Waals surface area contributed by atoms with E-state index in [1.807, 2.05) is 64.2 Å². The Morgan fingerprint density at radius 2 is 0.990 bits per heavy atom. The van der Waals surface area contributed by atoms with Crippen molar-refractivity contribution in [2.24, 2.45) is 0 Å². The van der Waals surface area contributed by atoms with Crippen LogP contribution >= 0.6 is 15.9 Å². The molecule has 6 aromatic carbocycles. The molecule has 0 atom stereocenters. The Morgan fingerprint density at radius 3 is 1.46 bits per heavy atom. The van der Waals surface area contributed by atoms with Gasteiger partial charge in [0, 0.05) is 144 Å². The lowest BCUT2D eigenvalue weighted by Crippen LogP contribution is -2.41. The highest BCUT2D eigenvalue weighted by molar-refractivity contribution is 9.10. The molecule has 1 saturated heterocycles. The zero-order valence-electron chi connectivity index (χ0n) is 54.7. The van der Waals surface area contributed by atoms with Crippen LogP contribution < -0.4 is 24.7 Å². The molecule has 0 aliphatic carbocycles. The average Bonchev–Trinajstić information content (AvgIpc) is 1.57. The van der Waals surface area contributed by atoms with Crippen LogP contribution in [-0.2, 0) is 55.3 Å². The third-order valence-corrected chi connectivity index (χ3v) is 21.5. The second-order valence-corrected chi connectivity index (χ2v) is 30.1. The Hall–Kier alpha value is -9.60. The summed E-state index contributed by atoms with van der Waals surface area (Å²) in [5.41, 5.74) is 10.2. The fourth-order valence-electron chi connectivity index (χ4n) is 12.7. The van der Waals surface area contributed by atoms with Gasteiger partial charge in [0.2, 0.25) is 20.0 Å². The number of pyridine rings is 2. The van der Waals surface area contributed by atoms with Gasteiger partial charge in [-0.25, -0.2) is 34.4 Å². The molecule has 15 rings (SSSR count). The van der Waals surface area contributed by atoms with E-state index in [2.05, 4.69) is 46.7 Å². The quantitative estimate of drug-likeness (QED) is 0.0967. The molecule has 0 unspecified atom stereocenters. The number of fused-ring (bicyclic) bond motifs is 12. The number of benzene rings is 6. The van der Waals surface area contributed by atoms with Crippen molar-refractivity contribution in [3.05, 3.63) is 196 Å². The average molecular weight is 1430 g/mol. The minimum atomic E-state index is -3.72. The van der Waals surface area contributed by atoms with E-state index in [0.29, 0.717) is 73.6 Å². The summed E-state index contributed by atoms with van der Waals surface area (Å²) in [5.74, 6) is -1.71. The van der Waals surface area contributed by atoms with Gasteiger partial charge in [-0.15, -0.1) is 0 Å². The number of aromatic nitrogens is 4. The molecular weight excluding hydrogens is 1370 g/mol. The van der Waals surface area contributed by atoms with Gasteiger partial charge in [0.15, 0.2) is 0 Å². The van der Waals surface area contributed by atoms with E-state index >= 15 is 0 Å². The van der Waals surface area contributed by atoms with E-state index in [4.69, 9.17) is 23.1 Å². The van der Waals surface area contributed by atoms with Crippen LogP contribution in [0, 0.1) is 23.3 Å². The van der Waals surface area contributed by atoms with Gasteiger partial charge in [0.25, 0.3) is 11.8 Å². The second kappa shape index (κ2) is 25.0. The van der Waals surface area contributed by atoms with Crippen LogP contribution in [0.3, 0.4) is 0 Å². The van der Waals surface area contributed by atoms with Crippen molar-refractivity contribution in [3.63, 3.8) is 0 Å². The van der Waals surface area contributed by atoms with Gasteiger partial charge < -0.3 is 37.9 Å². The number of carbonyl (C=O) groups excluding carboxylic acids is 2. The van der Waals surface area contributed by atoms with Crippen LogP contribution in [-0.4, -0.2) is 107 Å². The monoisotopic (exact) mass is 1430 g/mol. The van der Waals surface area contributed by atoms with Crippen molar-refractivity contribution in [1.82, 2.24) is 29.7 Å². The molecule has 2 N–H and O–H groups in total. The summed E-state index contributed by atoms with van der Waals surface area (Å²) in [6, 6.07) is 35.6. The molecule has 12 aromatic rings. The maximum Gasteiger partial charge on any atom is 0.497 e. The van der Waals surface area contributed by atoms with Crippen molar-refractivity contribution in [2.45, 2.75) is 64.8 Å². The van der Waals surface area contributed by atoms with Crippen LogP contribution in [0.4, 0.5) is 28.9 Å². The number of halogens is 5. The number of hydrogen-bond acceptors (Lipinski definition) is 12. The Morgan fingerprint density at radius 1 is 0.551 bits per heavy atom. The van der Waals surface area contributed by atoms with Gasteiger partial charge in [-0.1, -0.05) is 12.1 Å². The second-order valence-electron chi connectivity index (χ2n) is 25.2. The smallest absolute Gasteiger partial charge is 0.455 e. The molecule has 3 aliphatic rings. The van der Waals surface area contributed by atoms with Crippen LogP contribution in [0.5, 0.6) is 0 Å². The summed E-state index contributed by atoms with van der Waals surface area (Å²) in [5, 5.41) is 7.35. The Kier molecular flexibility index (Phi) is 17.1. The van der Waals surface area contributed by atoms with Gasteiger partial charge >= 0.3 is 7.12 Å². The lowest BCUT2D eigenvalue weighted by Gasteiger charge is -2.32. The van der Waals surface area contributed by atoms with Crippen LogP contribution in [0.1, 0.15) is 59.8 Å². The van der Waals surface area contributed by atoms with Gasteiger partial charge in [-0.05, 0) is 153 Å². The fraction of sp³-hybridized carbons (Fsp3) is 0.222. The van der Waals surface area contributed by atoms with Crippen LogP contribution in [0.15, 0.2) is 159 Å². The first-order valence-corrected chi connectivity index (χ1v) is 35.5. The minimum absolute atomic E-state index is 0.163. The molecular formula is C72H64BBrF4N8O10S2. The molecule has 1 fully saturated rings. The molecule has 18 nitrogen and oxygen atoms in total. The molecule has 98 heavy (non-hydrogen) atoms. The lowest BCUT2D eigenvalue weighted by atomic mass is 9.77. The topological polar surface area (TPSA) is 213 Å². The number of furan rings is 2. The van der Waals surface area contributed by atoms with Gasteiger partial charge in [-0.3, -0.25) is 28.2 Å². The number of aryl methyl sites for hydroxylation is 4. The molecule has 0 spiro atoms. The predicted molar refractivity (Wildman–Crippen MR) is 377 cm³/mol. The molecule has 9 heterocycles. The number of rotatable bonds is 10. The van der Waals surface area contributed by atoms with Gasteiger partial charge in [0.05, 0.1) is 80.0 Å². The van der Waals surface area contributed by atoms with Crippen molar-refractivity contribution in [1.29, 1.82) is 0 Å². The molecule has 0 saturated carbocycles. The first kappa shape index (κ1) is 67.0. The van der Waals surface area contributed by atoms with Crippen molar-refractivity contribution in [3.8, 4) is 56.3 Å². The Balaban J connectivity index is 0.000000142. The maximum atomic E-state index is 14.7. The third-order valence-electron chi connectivity index (χ3n) is 18.6. The summed E-state index contributed by atoms with van der Waals surface area (Å²) in [4.78, 5) is 35.4. The van der Waals surface area contributed by atoms with E-state index in [0.717, 1.165) is 83.5 Å². The molecule has 2 amide bonds. The van der Waals surface area contributed by atoms with E-state index in [-0.39, 0.29) is 45.4 Å². The maximum absolute atomic E-state index is 14.7. The molecule has 0 bridgehead atoms. The highest BCUT2D eigenvalue weighted by Crippen LogP contribution is 2.45. The lowest BCUT2D eigenvalue weighted by molar-refractivity contribution is 0.00578. The molecule has 26 heteroatoms. The number of nitrogens with one attached hydrogen (secondary N) is 2. The third kappa shape index (κ3) is 12.0. The van der Waals surface area contributed by atoms with E-state index in [1.54, 1.807) is 42.6 Å². The number of sulfonamides is 2. The number of amides is 2. The first-order chi connectivity index (χ1) is 46.4. The van der Waals surface area contributed by atoms with Crippen LogP contribution in [0.2, 0.25) is 0 Å². The zero-order valence-corrected chi connectivity index (χ0v) is 58.0. The number of nitrogens with zero attached hydrogens (tertiary/aromatic N) is 6. The summed E-state index contributed by atoms with van der Waals surface area (Å²) in [6.07, 6.45) is 7.21. The SMILES string of the molecule is CNC(=O)c1c(-c2ccc(F)cc2)oc2cc(N(C)S(C)(=O)=O)c(-c3cnc4c(c3)-c3cc5c(F)cccc5n3CC4)cc12.CNC(=O)c1c(-c2ccc(F)cc2)oc2cc(N(C)S(C)(=O)=O)c(B3OC(C)(C)C(C)(C)O3)cc12.Fc1cccc2c1cc1n2CCc2ncc(Br)cc2-1. The fourth-order valence-corrected chi connectivity index (χ4v) is 14.0. The highest BCUT2D eigenvalue weighted by Gasteiger charge is 2.53. The summed E-state index contributed by atoms with van der Waals surface area (Å²) in [6.45, 7) is 9.08. The summed E-state index contributed by atoms with van der Waals surface area (Å²) >= 11 is 3.45. The van der Waals surface area contributed by atoms with Gasteiger partial charge in [0.1, 0.15) is 46.0 Å². The van der Waals surface area contributed by atoms with E-state index < -0.39 is 61.8 Å². The predicted octanol–water partition coefficient (Wildman–Crippen LogP) is 13.8. The van der Waals surface area contributed by atoms with Crippen molar-refractivity contribution < 1.29 is 62.1 Å². The Labute approximate surface area is 570 Å². The number of carbonyl (C=O) groups is 2. The first-order valence-electron chi connectivity index (χ1n) is 31.1.